The van der Waals surface area contributed by atoms with Gasteiger partial charge in [0.15, 0.2) is 0 Å². The Morgan fingerprint density at radius 1 is 0.636 bits per heavy atom. The second-order valence-electron chi connectivity index (χ2n) is 0.816. The van der Waals surface area contributed by atoms with Gasteiger partial charge in [-0.25, -0.2) is 0 Å². The van der Waals surface area contributed by atoms with Gasteiger partial charge in [0.05, 0.1) is 0 Å². The van der Waals surface area contributed by atoms with E-state index in [4.69, 9.17) is 31.8 Å². The van der Waals surface area contributed by atoms with Crippen LogP contribution >= 0.6 is 0 Å². The molecule has 0 atom stereocenters. The van der Waals surface area contributed by atoms with Gasteiger partial charge in [0.25, 0.3) is 0 Å². The fourth-order valence-corrected chi connectivity index (χ4v) is 0. The Morgan fingerprint density at radius 3 is 0.636 bits per heavy atom. The van der Waals surface area contributed by atoms with E-state index >= 15 is 0 Å². The van der Waals surface area contributed by atoms with Crippen molar-refractivity contribution in [2.45, 2.75) is 0 Å². The maximum atomic E-state index is 8.59. The average Bonchev–Trinajstić information content (AvgIpc) is 1.12. The monoisotopic (exact) mass is 325 g/mol. The predicted molar refractivity (Wildman–Crippen MR) is 2.75 cm³/mol. The Hall–Kier alpha value is 0.845. The second-order valence-corrected chi connectivity index (χ2v) is 3.37. The standard InChI is InChI=1S/2Cr.Nb.8O/q;;+4;;;;;4*-1. The van der Waals surface area contributed by atoms with Crippen molar-refractivity contribution in [3.63, 3.8) is 0 Å². The van der Waals surface area contributed by atoms with E-state index in [2.05, 4.69) is 0 Å². The van der Waals surface area contributed by atoms with Crippen molar-refractivity contribution in [3.05, 3.63) is 0 Å². The molecule has 8 nitrogen and oxygen atoms in total. The molecule has 0 aromatic carbocycles. The third-order valence-corrected chi connectivity index (χ3v) is 0. The number of hydrogen-bond donors (Lipinski definition) is 0. The van der Waals surface area contributed by atoms with Crippen molar-refractivity contribution in [1.29, 1.82) is 0 Å². The minimum atomic E-state index is -5.75. The van der Waals surface area contributed by atoms with Crippen LogP contribution in [0.5, 0.6) is 0 Å². The third-order valence-electron chi connectivity index (χ3n) is 0. The van der Waals surface area contributed by atoms with Gasteiger partial charge >= 0.3 is 81.5 Å². The van der Waals surface area contributed by atoms with Crippen LogP contribution in [-0.2, 0) is 64.8 Å². The van der Waals surface area contributed by atoms with Crippen molar-refractivity contribution in [2.75, 3.05) is 0 Å². The van der Waals surface area contributed by atoms with Gasteiger partial charge in [0.1, 0.15) is 0 Å². The molecule has 0 unspecified atom stereocenters. The van der Waals surface area contributed by atoms with E-state index in [1.807, 2.05) is 0 Å². The van der Waals surface area contributed by atoms with E-state index in [0.29, 0.717) is 0 Å². The van der Waals surface area contributed by atoms with Gasteiger partial charge in [-0.1, -0.05) is 0 Å². The molecule has 11 heavy (non-hydrogen) atoms. The summed E-state index contributed by atoms with van der Waals surface area (Å²) in [4.78, 5) is 0. The van der Waals surface area contributed by atoms with Crippen LogP contribution in [0.2, 0.25) is 0 Å². The molecule has 0 saturated heterocycles. The molecule has 0 saturated carbocycles. The molecular formula is Cr2NbO8. The molecule has 0 N–H and O–H groups in total. The molecule has 0 amide bonds. The van der Waals surface area contributed by atoms with Crippen molar-refractivity contribution in [1.82, 2.24) is 0 Å². The summed E-state index contributed by atoms with van der Waals surface area (Å²) >= 11 is -11.5. The molecule has 65 valence electrons. The van der Waals surface area contributed by atoms with Crippen LogP contribution < -0.4 is 16.6 Å². The van der Waals surface area contributed by atoms with Crippen molar-refractivity contribution in [2.24, 2.45) is 0 Å². The summed E-state index contributed by atoms with van der Waals surface area (Å²) in [5.74, 6) is 0. The van der Waals surface area contributed by atoms with Gasteiger partial charge in [0, 0.05) is 0 Å². The molecule has 0 bridgehead atoms. The second kappa shape index (κ2) is 6.37. The third kappa shape index (κ3) is 1190. The first kappa shape index (κ1) is 17.8. The molecule has 0 aliphatic heterocycles. The topological polar surface area (TPSA) is 161 Å². The van der Waals surface area contributed by atoms with Gasteiger partial charge in [-0.2, -0.15) is 0 Å². The summed E-state index contributed by atoms with van der Waals surface area (Å²) in [6, 6.07) is 0. The van der Waals surface area contributed by atoms with Crippen molar-refractivity contribution in [3.8, 4) is 0 Å². The van der Waals surface area contributed by atoms with Crippen LogP contribution in [0.25, 0.3) is 0 Å². The van der Waals surface area contributed by atoms with Crippen LogP contribution in [-0.4, -0.2) is 0 Å². The minimum absolute atomic E-state index is 0. The zero-order valence-electron chi connectivity index (χ0n) is 4.53. The summed E-state index contributed by atoms with van der Waals surface area (Å²) < 4.78 is 68.8. The zero-order valence-corrected chi connectivity index (χ0v) is 9.28. The van der Waals surface area contributed by atoms with E-state index in [1.165, 1.54) is 0 Å². The van der Waals surface area contributed by atoms with E-state index in [1.54, 1.807) is 0 Å². The fraction of sp³-hybridized carbons (Fsp3) is 0. The first-order valence-corrected chi connectivity index (χ1v) is 5.50. The molecule has 11 heteroatoms. The summed E-state index contributed by atoms with van der Waals surface area (Å²) in [6.45, 7) is 0. The Balaban J connectivity index is -0.000000107. The molecule has 0 aromatic heterocycles. The van der Waals surface area contributed by atoms with Gasteiger partial charge in [-0.15, -0.1) is 0 Å². The van der Waals surface area contributed by atoms with Crippen LogP contribution in [0.3, 0.4) is 0 Å². The van der Waals surface area contributed by atoms with Crippen molar-refractivity contribution >= 4 is 0 Å². The molecule has 1 radical (unpaired) electrons. The Kier molecular flexibility index (Phi) is 10.3. The van der Waals surface area contributed by atoms with Gasteiger partial charge in [-0.05, 0) is 0 Å². The first-order chi connectivity index (χ1) is 4.00. The fourth-order valence-electron chi connectivity index (χ4n) is 0. The molecule has 0 aromatic rings. The van der Waals surface area contributed by atoms with Crippen LogP contribution in [0.4, 0.5) is 0 Å². The molecule has 0 aliphatic carbocycles. The van der Waals surface area contributed by atoms with E-state index in [9.17, 15) is 0 Å². The summed E-state index contributed by atoms with van der Waals surface area (Å²) in [5.41, 5.74) is 0. The van der Waals surface area contributed by atoms with Crippen LogP contribution in [0.15, 0.2) is 0 Å². The quantitative estimate of drug-likeness (QED) is 0.399. The van der Waals surface area contributed by atoms with E-state index in [0.717, 1.165) is 0 Å². The molecule has 0 aliphatic rings. The average molecular weight is 325 g/mol. The SMILES string of the molecule is [Nb+4].[O]=[Cr](=[O])([O-])[O-].[O]=[Cr](=[O])([O-])[O-]. The Morgan fingerprint density at radius 2 is 0.636 bits per heavy atom. The van der Waals surface area contributed by atoms with E-state index < -0.39 is 27.2 Å². The molecule has 0 fully saturated rings. The summed E-state index contributed by atoms with van der Waals surface area (Å²) in [7, 11) is 0. The number of hydrogen-bond acceptors (Lipinski definition) is 8. The van der Waals surface area contributed by atoms with Gasteiger partial charge in [0.2, 0.25) is 0 Å². The number of rotatable bonds is 0. The van der Waals surface area contributed by atoms with Gasteiger partial charge in [-0.3, -0.25) is 0 Å². The Bertz CT molecular complexity index is 208. The van der Waals surface area contributed by atoms with Crippen molar-refractivity contribution < 1.29 is 81.5 Å². The molecule has 0 spiro atoms. The molecule has 0 heterocycles. The zero-order chi connectivity index (χ0) is 9.00. The molecule has 0 rings (SSSR count). The first-order valence-electron chi connectivity index (χ1n) is 1.33. The van der Waals surface area contributed by atoms with Crippen LogP contribution in [0.1, 0.15) is 0 Å². The molecular weight excluding hydrogens is 325 g/mol. The summed E-state index contributed by atoms with van der Waals surface area (Å²) in [6.07, 6.45) is 0. The summed E-state index contributed by atoms with van der Waals surface area (Å²) in [5, 5.41) is 0. The Labute approximate surface area is 81.1 Å². The van der Waals surface area contributed by atoms with Crippen LogP contribution in [0, 0.1) is 0 Å². The predicted octanol–water partition coefficient (Wildman–Crippen LogP) is -5.24. The normalized spacial score (nSPS) is 10.5. The van der Waals surface area contributed by atoms with Gasteiger partial charge < -0.3 is 0 Å². The van der Waals surface area contributed by atoms with E-state index in [-0.39, 0.29) is 22.4 Å². The maximum absolute atomic E-state index is 8.59.